The second kappa shape index (κ2) is 30.4. The van der Waals surface area contributed by atoms with Gasteiger partial charge in [-0.25, -0.2) is 27.7 Å². The number of aromatic nitrogens is 6. The summed E-state index contributed by atoms with van der Waals surface area (Å²) in [5.74, 6) is 0.183. The Kier molecular flexibility index (Phi) is 22.4. The van der Waals surface area contributed by atoms with Gasteiger partial charge in [0.1, 0.15) is 35.3 Å². The molecule has 6 aromatic carbocycles. The Morgan fingerprint density at radius 2 is 1.06 bits per heavy atom. The molecule has 22 nitrogen and oxygen atoms in total. The number of nitrogens with zero attached hydrogens (tertiary/aromatic N) is 10. The highest BCUT2D eigenvalue weighted by Gasteiger charge is 2.34. The quantitative estimate of drug-likeness (QED) is 0.0418. The SMILES string of the molecule is C.COc1ccc(Cn2cc(CN(Cc3ccc(-c4ccc(N5C[C@H](CNC(C)=O)OC5=O)cc4F)cc3)B(C)O)nn2)cc1.COc1ccc(Cn2nncc2CN(Cc2ccc(-c3ccc(N4C[C@H](CNC(C)=O)OC4=O)cc3F)cc2)B(C)O)cc1. The lowest BCUT2D eigenvalue weighted by molar-refractivity contribution is -0.120. The van der Waals surface area contributed by atoms with Gasteiger partial charge in [0.2, 0.25) is 11.8 Å². The summed E-state index contributed by atoms with van der Waals surface area (Å²) in [5, 5.41) is 43.1. The summed E-state index contributed by atoms with van der Waals surface area (Å²) in [6, 6.07) is 39.6. The van der Waals surface area contributed by atoms with Crippen LogP contribution in [0.15, 0.2) is 146 Å². The third-order valence-electron chi connectivity index (χ3n) is 14.8. The van der Waals surface area contributed by atoms with E-state index in [9.17, 15) is 29.2 Å². The fraction of sp³-hybridized carbons (Fsp3) is 0.302. The predicted molar refractivity (Wildman–Crippen MR) is 333 cm³/mol. The first-order valence-corrected chi connectivity index (χ1v) is 28.5. The zero-order valence-corrected chi connectivity index (χ0v) is 49.6. The summed E-state index contributed by atoms with van der Waals surface area (Å²) in [6.07, 6.45) is 1.38. The Morgan fingerprint density at radius 1 is 0.618 bits per heavy atom. The van der Waals surface area contributed by atoms with Crippen LogP contribution in [-0.4, -0.2) is 140 Å². The smallest absolute Gasteiger partial charge is 0.414 e. The molecule has 26 heteroatoms. The number of amides is 4. The molecule has 0 saturated carbocycles. The van der Waals surface area contributed by atoms with E-state index in [2.05, 4.69) is 31.3 Å². The molecule has 4 N–H and O–H groups in total. The van der Waals surface area contributed by atoms with Crippen LogP contribution in [0.2, 0.25) is 13.6 Å². The van der Waals surface area contributed by atoms with Gasteiger partial charge >= 0.3 is 26.3 Å². The lowest BCUT2D eigenvalue weighted by Crippen LogP contribution is -2.36. The summed E-state index contributed by atoms with van der Waals surface area (Å²) >= 11 is 0. The number of hydrogen-bond acceptors (Lipinski definition) is 16. The minimum atomic E-state index is -0.737. The van der Waals surface area contributed by atoms with E-state index in [1.165, 1.54) is 35.8 Å². The molecular formula is C63H72B2F2N12O10. The molecule has 2 aliphatic rings. The van der Waals surface area contributed by atoms with Gasteiger partial charge in [-0.2, -0.15) is 0 Å². The first-order valence-electron chi connectivity index (χ1n) is 28.5. The highest BCUT2D eigenvalue weighted by Crippen LogP contribution is 2.32. The first-order chi connectivity index (χ1) is 42.4. The summed E-state index contributed by atoms with van der Waals surface area (Å²) in [4.78, 5) is 53.4. The van der Waals surface area contributed by atoms with Crippen molar-refractivity contribution in [2.24, 2.45) is 0 Å². The van der Waals surface area contributed by atoms with Crippen LogP contribution < -0.4 is 29.9 Å². The van der Waals surface area contributed by atoms with Gasteiger partial charge in [-0.05, 0) is 108 Å². The van der Waals surface area contributed by atoms with Crippen molar-refractivity contribution < 1.29 is 57.0 Å². The van der Waals surface area contributed by atoms with Gasteiger partial charge in [0.25, 0.3) is 0 Å². The molecule has 0 unspecified atom stereocenters. The number of hydrogen-bond donors (Lipinski definition) is 4. The Labute approximate surface area is 516 Å². The molecule has 0 radical (unpaired) electrons. The lowest BCUT2D eigenvalue weighted by Gasteiger charge is -2.23. The molecule has 89 heavy (non-hydrogen) atoms. The molecule has 10 rings (SSSR count). The maximum Gasteiger partial charge on any atom is 0.414 e. The summed E-state index contributed by atoms with van der Waals surface area (Å²) < 4.78 is 55.0. The number of halogens is 2. The van der Waals surface area contributed by atoms with E-state index in [1.54, 1.807) is 67.7 Å². The van der Waals surface area contributed by atoms with Crippen LogP contribution in [0.1, 0.15) is 54.9 Å². The summed E-state index contributed by atoms with van der Waals surface area (Å²) in [5.41, 5.74) is 8.45. The van der Waals surface area contributed by atoms with Crippen LogP contribution in [0.5, 0.6) is 11.5 Å². The molecule has 0 aliphatic carbocycles. The predicted octanol–water partition coefficient (Wildman–Crippen LogP) is 8.07. The standard InChI is InChI=1S/2C31H34BFN6O5.CH4/c1-21(40)34-16-28-20-38(31(41)44-28)25-10-13-29(30(33)14-25)24-8-4-22(5-9-24)17-37(32(2)42)19-26-15-35-36-39(26)18-23-6-11-27(43-3)12-7-23;1-21(40)34-15-28-20-39(31(41)44-28)26-10-13-29(30(33)14-26)24-8-4-22(5-9-24)16-37(32(2)42)18-25-19-38(36-35-25)17-23-6-11-27(43-3)12-7-23;/h4-15,28,42H,16-20H2,1-3H3,(H,34,40);4-14,19,28,42H,15-18,20H2,1-3H3,(H,34,40);1H4/t2*28-;/m00./s1. The van der Waals surface area contributed by atoms with Crippen LogP contribution >= 0.6 is 0 Å². The van der Waals surface area contributed by atoms with Crippen molar-refractivity contribution in [3.05, 3.63) is 191 Å². The average Bonchev–Trinajstić information content (AvgIpc) is 2.56. The van der Waals surface area contributed by atoms with E-state index in [0.29, 0.717) is 72.9 Å². The number of rotatable bonds is 24. The number of methoxy groups -OCH3 is 2. The van der Waals surface area contributed by atoms with Gasteiger partial charge in [-0.15, -0.1) is 10.2 Å². The zero-order valence-electron chi connectivity index (χ0n) is 49.6. The van der Waals surface area contributed by atoms with E-state index < -0.39 is 50.1 Å². The molecule has 4 amide bonds. The molecule has 2 aromatic heterocycles. The average molecular weight is 1220 g/mol. The minimum Gasteiger partial charge on any atom is -0.497 e. The van der Waals surface area contributed by atoms with Gasteiger partial charge < -0.3 is 49.3 Å². The van der Waals surface area contributed by atoms with Crippen molar-refractivity contribution in [1.29, 1.82) is 0 Å². The van der Waals surface area contributed by atoms with Gasteiger partial charge in [0.05, 0.1) is 88.6 Å². The molecule has 0 bridgehead atoms. The molecule has 8 aromatic rings. The van der Waals surface area contributed by atoms with Gasteiger partial charge in [0, 0.05) is 51.2 Å². The van der Waals surface area contributed by atoms with Crippen molar-refractivity contribution in [1.82, 2.24) is 50.2 Å². The van der Waals surface area contributed by atoms with E-state index in [4.69, 9.17) is 18.9 Å². The number of anilines is 2. The zero-order chi connectivity index (χ0) is 62.4. The lowest BCUT2D eigenvalue weighted by atomic mass is 9.84. The maximum absolute atomic E-state index is 15.2. The third kappa shape index (κ3) is 17.6. The van der Waals surface area contributed by atoms with Crippen molar-refractivity contribution in [3.8, 4) is 33.8 Å². The summed E-state index contributed by atoms with van der Waals surface area (Å²) in [6.45, 7) is 9.80. The Balaban J connectivity index is 0.000000228. The van der Waals surface area contributed by atoms with Crippen molar-refractivity contribution in [3.63, 3.8) is 0 Å². The van der Waals surface area contributed by atoms with E-state index >= 15 is 8.78 Å². The maximum atomic E-state index is 15.2. The monoisotopic (exact) mass is 1220 g/mol. The molecule has 0 spiro atoms. The number of nitrogens with one attached hydrogen (secondary N) is 2. The van der Waals surface area contributed by atoms with Crippen LogP contribution in [0.4, 0.5) is 29.7 Å². The van der Waals surface area contributed by atoms with Crippen molar-refractivity contribution in [2.45, 2.75) is 86.4 Å². The fourth-order valence-corrected chi connectivity index (χ4v) is 9.95. The second-order valence-electron chi connectivity index (χ2n) is 21.4. The fourth-order valence-electron chi connectivity index (χ4n) is 9.95. The van der Waals surface area contributed by atoms with Gasteiger partial charge in [-0.3, -0.25) is 19.4 Å². The molecule has 464 valence electrons. The Morgan fingerprint density at radius 3 is 1.48 bits per heavy atom. The molecule has 2 aliphatic heterocycles. The van der Waals surface area contributed by atoms with Crippen LogP contribution in [0, 0.1) is 11.6 Å². The highest BCUT2D eigenvalue weighted by atomic mass is 19.1. The Bertz CT molecular complexity index is 3670. The second-order valence-corrected chi connectivity index (χ2v) is 21.4. The van der Waals surface area contributed by atoms with Crippen molar-refractivity contribution in [2.75, 3.05) is 50.2 Å². The highest BCUT2D eigenvalue weighted by molar-refractivity contribution is 6.45. The summed E-state index contributed by atoms with van der Waals surface area (Å²) in [7, 11) is 1.78. The minimum absolute atomic E-state index is 0. The normalized spacial score (nSPS) is 14.4. The number of cyclic esters (lactones) is 2. The molecule has 2 atom stereocenters. The molecule has 4 heterocycles. The van der Waals surface area contributed by atoms with Crippen LogP contribution in [-0.2, 0) is 58.3 Å². The van der Waals surface area contributed by atoms with Gasteiger partial charge in [0.15, 0.2) is 0 Å². The Hall–Kier alpha value is -9.49. The third-order valence-corrected chi connectivity index (χ3v) is 14.8. The number of carbonyl (C=O) groups is 4. The molecule has 2 saturated heterocycles. The molecular weight excluding hydrogens is 1140 g/mol. The van der Waals surface area contributed by atoms with E-state index in [-0.39, 0.29) is 45.4 Å². The van der Waals surface area contributed by atoms with Crippen LogP contribution in [0.3, 0.4) is 0 Å². The number of benzene rings is 6. The molecule has 2 fully saturated rings. The van der Waals surface area contributed by atoms with Crippen molar-refractivity contribution >= 4 is 49.5 Å². The topological polar surface area (TPSA) is 244 Å². The van der Waals surface area contributed by atoms with Gasteiger partial charge in [-0.1, -0.05) is 90.6 Å². The number of ether oxygens (including phenoxy) is 4. The van der Waals surface area contributed by atoms with Crippen LogP contribution in [0.25, 0.3) is 22.3 Å². The van der Waals surface area contributed by atoms with E-state index in [0.717, 1.165) is 45.1 Å². The largest absolute Gasteiger partial charge is 0.497 e. The van der Waals surface area contributed by atoms with E-state index in [1.807, 2.05) is 113 Å². The first kappa shape index (κ1) is 65.5. The number of carbonyl (C=O) groups excluding carboxylic acids is 4.